The number of pyridine rings is 1. The molecule has 0 amide bonds. The molecule has 0 radical (unpaired) electrons. The van der Waals surface area contributed by atoms with E-state index >= 15 is 0 Å². The molecule has 0 bridgehead atoms. The van der Waals surface area contributed by atoms with Crippen molar-refractivity contribution in [2.45, 2.75) is 0 Å². The van der Waals surface area contributed by atoms with Crippen molar-refractivity contribution in [2.24, 2.45) is 7.05 Å². The Morgan fingerprint density at radius 1 is 0.909 bits per heavy atom. The fraction of sp³-hybridized carbons (Fsp3) is 0.0556. The number of hydrogen-bond acceptors (Lipinski definition) is 3. The van der Waals surface area contributed by atoms with Gasteiger partial charge in [0.2, 0.25) is 0 Å². The summed E-state index contributed by atoms with van der Waals surface area (Å²) < 4.78 is 1.94. The second kappa shape index (κ2) is 4.77. The standard InChI is InChI=1S/C18H13N3O/c1-21-15-10-6-5-9-13(15)11-14-17(21)19-16(20-18(14)22)12-7-3-2-4-8-12/h2-11H,1H3. The van der Waals surface area contributed by atoms with Gasteiger partial charge in [0.25, 0.3) is 5.56 Å². The van der Waals surface area contributed by atoms with Crippen LogP contribution in [0.2, 0.25) is 0 Å². The van der Waals surface area contributed by atoms with Crippen molar-refractivity contribution in [3.8, 4) is 22.8 Å². The van der Waals surface area contributed by atoms with E-state index in [1.807, 2.05) is 72.3 Å². The van der Waals surface area contributed by atoms with Crippen molar-refractivity contribution in [3.63, 3.8) is 0 Å². The zero-order valence-corrected chi connectivity index (χ0v) is 12.0. The molecule has 4 rings (SSSR count). The van der Waals surface area contributed by atoms with E-state index in [0.29, 0.717) is 17.2 Å². The van der Waals surface area contributed by atoms with Gasteiger partial charge in [-0.1, -0.05) is 48.5 Å². The first-order chi connectivity index (χ1) is 10.7. The topological polar surface area (TPSA) is 47.8 Å². The van der Waals surface area contributed by atoms with E-state index in [1.165, 1.54) is 0 Å². The number of hydrogen-bond donors (Lipinski definition) is 0. The van der Waals surface area contributed by atoms with Gasteiger partial charge in [-0.3, -0.25) is 4.79 Å². The second-order valence-corrected chi connectivity index (χ2v) is 5.22. The number of aromatic nitrogens is 3. The van der Waals surface area contributed by atoms with Gasteiger partial charge in [-0.25, -0.2) is 4.98 Å². The molecule has 0 fully saturated rings. The molecule has 2 aromatic rings. The van der Waals surface area contributed by atoms with Gasteiger partial charge < -0.3 is 4.57 Å². The highest BCUT2D eigenvalue weighted by Crippen LogP contribution is 2.25. The zero-order chi connectivity index (χ0) is 15.1. The van der Waals surface area contributed by atoms with Crippen LogP contribution < -0.4 is 5.56 Å². The number of aryl methyl sites for hydroxylation is 1. The van der Waals surface area contributed by atoms with Crippen LogP contribution in [0.4, 0.5) is 0 Å². The van der Waals surface area contributed by atoms with Crippen LogP contribution in [-0.4, -0.2) is 14.5 Å². The molecular weight excluding hydrogens is 274 g/mol. The van der Waals surface area contributed by atoms with E-state index in [2.05, 4.69) is 9.97 Å². The molecule has 0 unspecified atom stereocenters. The van der Waals surface area contributed by atoms with Gasteiger partial charge in [0.1, 0.15) is 5.82 Å². The molecule has 0 atom stereocenters. The van der Waals surface area contributed by atoms with Crippen LogP contribution in [0, 0.1) is 0 Å². The van der Waals surface area contributed by atoms with E-state index < -0.39 is 0 Å². The van der Waals surface area contributed by atoms with E-state index in [4.69, 9.17) is 0 Å². The molecule has 0 aromatic heterocycles. The van der Waals surface area contributed by atoms with Gasteiger partial charge in [0.15, 0.2) is 5.82 Å². The fourth-order valence-corrected chi connectivity index (χ4v) is 2.72. The number of fused-ring (bicyclic) bond motifs is 2. The number of benzene rings is 2. The largest absolute Gasteiger partial charge is 0.328 e. The number of nitrogens with zero attached hydrogens (tertiary/aromatic N) is 3. The molecule has 22 heavy (non-hydrogen) atoms. The average Bonchev–Trinajstić information content (AvgIpc) is 2.57. The summed E-state index contributed by atoms with van der Waals surface area (Å²) in [6.45, 7) is 0. The van der Waals surface area contributed by atoms with Gasteiger partial charge in [-0.2, -0.15) is 4.98 Å². The highest BCUT2D eigenvalue weighted by molar-refractivity contribution is 5.85. The normalized spacial score (nSPS) is 11.1. The summed E-state index contributed by atoms with van der Waals surface area (Å²) in [5.74, 6) is 1.11. The third-order valence-corrected chi connectivity index (χ3v) is 3.84. The van der Waals surface area contributed by atoms with E-state index in [1.54, 1.807) is 0 Å². The Morgan fingerprint density at radius 3 is 2.45 bits per heavy atom. The minimum Gasteiger partial charge on any atom is -0.328 e. The van der Waals surface area contributed by atoms with Crippen molar-refractivity contribution in [2.75, 3.05) is 0 Å². The Hall–Kier alpha value is -3.01. The SMILES string of the molecule is Cn1c2nc(-c3ccccc3)nc(=O)c-2cc2ccccc21. The Morgan fingerprint density at radius 2 is 1.64 bits per heavy atom. The van der Waals surface area contributed by atoms with Crippen LogP contribution in [-0.2, 0) is 7.05 Å². The monoisotopic (exact) mass is 287 g/mol. The average molecular weight is 287 g/mol. The van der Waals surface area contributed by atoms with Crippen molar-refractivity contribution >= 4 is 10.9 Å². The molecule has 0 saturated heterocycles. The maximum atomic E-state index is 12.4. The van der Waals surface area contributed by atoms with Gasteiger partial charge in [0.05, 0.1) is 5.56 Å². The van der Waals surface area contributed by atoms with Crippen LogP contribution in [0.25, 0.3) is 33.7 Å². The molecule has 0 spiro atoms. The first-order valence-electron chi connectivity index (χ1n) is 7.06. The molecule has 2 aromatic carbocycles. The molecule has 2 aliphatic rings. The van der Waals surface area contributed by atoms with Crippen LogP contribution >= 0.6 is 0 Å². The number of rotatable bonds is 1. The third kappa shape index (κ3) is 1.89. The molecule has 2 aliphatic heterocycles. The van der Waals surface area contributed by atoms with Crippen LogP contribution in [0.15, 0.2) is 65.5 Å². The van der Waals surface area contributed by atoms with Gasteiger partial charge in [0, 0.05) is 18.1 Å². The van der Waals surface area contributed by atoms with E-state index in [-0.39, 0.29) is 5.56 Å². The second-order valence-electron chi connectivity index (χ2n) is 5.22. The summed E-state index contributed by atoms with van der Waals surface area (Å²) in [6, 6.07) is 19.4. The smallest absolute Gasteiger partial charge is 0.282 e. The maximum Gasteiger partial charge on any atom is 0.282 e. The molecule has 0 saturated carbocycles. The summed E-state index contributed by atoms with van der Waals surface area (Å²) >= 11 is 0. The highest BCUT2D eigenvalue weighted by Gasteiger charge is 2.16. The van der Waals surface area contributed by atoms with Crippen molar-refractivity contribution in [1.29, 1.82) is 0 Å². The molecular formula is C18H13N3O. The highest BCUT2D eigenvalue weighted by atomic mass is 16.1. The van der Waals surface area contributed by atoms with Gasteiger partial charge in [-0.15, -0.1) is 0 Å². The summed E-state index contributed by atoms with van der Waals surface area (Å²) in [5.41, 5.74) is 2.17. The van der Waals surface area contributed by atoms with Crippen molar-refractivity contribution in [3.05, 3.63) is 71.0 Å². The molecule has 2 heterocycles. The lowest BCUT2D eigenvalue weighted by molar-refractivity contribution is 0.909. The lowest BCUT2D eigenvalue weighted by Crippen LogP contribution is -2.17. The van der Waals surface area contributed by atoms with Gasteiger partial charge in [-0.05, 0) is 17.5 Å². The lowest BCUT2D eigenvalue weighted by Gasteiger charge is -2.14. The van der Waals surface area contributed by atoms with Crippen LogP contribution in [0.3, 0.4) is 0 Å². The Balaban J connectivity index is 2.10. The van der Waals surface area contributed by atoms with Crippen LogP contribution in [0.1, 0.15) is 0 Å². The van der Waals surface area contributed by atoms with Crippen LogP contribution in [0.5, 0.6) is 0 Å². The van der Waals surface area contributed by atoms with Crippen molar-refractivity contribution < 1.29 is 0 Å². The molecule has 0 aliphatic carbocycles. The maximum absolute atomic E-state index is 12.4. The Labute approximate surface area is 127 Å². The van der Waals surface area contributed by atoms with E-state index in [0.717, 1.165) is 16.5 Å². The first kappa shape index (κ1) is 12.7. The predicted octanol–water partition coefficient (Wildman–Crippen LogP) is 3.10. The summed E-state index contributed by atoms with van der Waals surface area (Å²) in [5, 5.41) is 1.01. The Kier molecular flexibility index (Phi) is 2.76. The predicted molar refractivity (Wildman–Crippen MR) is 86.8 cm³/mol. The first-order valence-corrected chi connectivity index (χ1v) is 7.06. The summed E-state index contributed by atoms with van der Waals surface area (Å²) in [7, 11) is 1.92. The third-order valence-electron chi connectivity index (χ3n) is 3.84. The van der Waals surface area contributed by atoms with Gasteiger partial charge >= 0.3 is 0 Å². The Bertz CT molecular complexity index is 1010. The fourth-order valence-electron chi connectivity index (χ4n) is 2.72. The number of para-hydroxylation sites is 1. The zero-order valence-electron chi connectivity index (χ0n) is 12.0. The molecule has 4 heteroatoms. The lowest BCUT2D eigenvalue weighted by atomic mass is 10.1. The van der Waals surface area contributed by atoms with E-state index in [9.17, 15) is 4.79 Å². The molecule has 106 valence electrons. The minimum absolute atomic E-state index is 0.245. The van der Waals surface area contributed by atoms with Crippen molar-refractivity contribution in [1.82, 2.24) is 14.5 Å². The molecule has 4 nitrogen and oxygen atoms in total. The quantitative estimate of drug-likeness (QED) is 0.505. The molecule has 0 N–H and O–H groups in total. The summed E-state index contributed by atoms with van der Waals surface area (Å²) in [4.78, 5) is 21.2. The minimum atomic E-state index is -0.245. The summed E-state index contributed by atoms with van der Waals surface area (Å²) in [6.07, 6.45) is 0.